The molecule has 0 amide bonds. The average molecular weight is 386 g/mol. The number of methoxy groups -OCH3 is 1. The Bertz CT molecular complexity index is 1010. The van der Waals surface area contributed by atoms with Crippen molar-refractivity contribution in [3.63, 3.8) is 0 Å². The molecule has 8 heteroatoms. The zero-order valence-corrected chi connectivity index (χ0v) is 15.7. The Morgan fingerprint density at radius 2 is 2.11 bits per heavy atom. The minimum absolute atomic E-state index is 0.171. The molecular formula is C19H20ClN5O2. The van der Waals surface area contributed by atoms with E-state index in [-0.39, 0.29) is 10.6 Å². The number of ether oxygens (including phenoxy) is 1. The number of hydrogen-bond acceptors (Lipinski definition) is 5. The predicted molar refractivity (Wildman–Crippen MR) is 103 cm³/mol. The van der Waals surface area contributed by atoms with Crippen LogP contribution < -0.4 is 10.5 Å². The van der Waals surface area contributed by atoms with Crippen LogP contribution in [0.25, 0.3) is 0 Å². The maximum atomic E-state index is 11.8. The second-order valence-electron chi connectivity index (χ2n) is 6.54. The highest BCUT2D eigenvalue weighted by Crippen LogP contribution is 2.27. The molecule has 1 aromatic carbocycles. The van der Waals surface area contributed by atoms with Crippen LogP contribution in [0.3, 0.4) is 0 Å². The molecule has 0 saturated heterocycles. The van der Waals surface area contributed by atoms with Crippen LogP contribution in [-0.2, 0) is 30.9 Å². The summed E-state index contributed by atoms with van der Waals surface area (Å²) in [4.78, 5) is 18.4. The van der Waals surface area contributed by atoms with Gasteiger partial charge in [0.05, 0.1) is 42.8 Å². The SMILES string of the molecule is COCc1ccccc1Cn1cnc2c1CN(c1cn[nH]c(=O)c1Cl)CC2. The third-order valence-electron chi connectivity index (χ3n) is 4.87. The van der Waals surface area contributed by atoms with Crippen molar-refractivity contribution in [3.05, 3.63) is 74.7 Å². The lowest BCUT2D eigenvalue weighted by Crippen LogP contribution is -2.33. The van der Waals surface area contributed by atoms with Gasteiger partial charge in [-0.2, -0.15) is 5.10 Å². The van der Waals surface area contributed by atoms with Crippen molar-refractivity contribution in [2.45, 2.75) is 26.1 Å². The molecule has 2 aromatic heterocycles. The molecule has 0 spiro atoms. The maximum Gasteiger partial charge on any atom is 0.285 e. The highest BCUT2D eigenvalue weighted by Gasteiger charge is 2.24. The number of H-pyrrole nitrogens is 1. The summed E-state index contributed by atoms with van der Waals surface area (Å²) < 4.78 is 7.47. The van der Waals surface area contributed by atoms with Gasteiger partial charge in [-0.3, -0.25) is 4.79 Å². The van der Waals surface area contributed by atoms with E-state index in [0.29, 0.717) is 18.8 Å². The van der Waals surface area contributed by atoms with Gasteiger partial charge in [-0.15, -0.1) is 0 Å². The lowest BCUT2D eigenvalue weighted by molar-refractivity contribution is 0.184. The highest BCUT2D eigenvalue weighted by atomic mass is 35.5. The van der Waals surface area contributed by atoms with Gasteiger partial charge < -0.3 is 14.2 Å². The van der Waals surface area contributed by atoms with E-state index in [1.807, 2.05) is 18.5 Å². The minimum atomic E-state index is -0.373. The number of aromatic nitrogens is 4. The molecular weight excluding hydrogens is 366 g/mol. The summed E-state index contributed by atoms with van der Waals surface area (Å²) in [6.45, 7) is 2.67. The number of hydrogen-bond donors (Lipinski definition) is 1. The molecule has 0 aliphatic carbocycles. The quantitative estimate of drug-likeness (QED) is 0.729. The van der Waals surface area contributed by atoms with Crippen molar-refractivity contribution in [2.24, 2.45) is 0 Å². The number of fused-ring (bicyclic) bond motifs is 1. The number of anilines is 1. The van der Waals surface area contributed by atoms with Crippen LogP contribution in [0.4, 0.5) is 5.69 Å². The molecule has 4 rings (SSSR count). The highest BCUT2D eigenvalue weighted by molar-refractivity contribution is 6.32. The number of nitrogens with one attached hydrogen (secondary N) is 1. The number of benzene rings is 1. The smallest absolute Gasteiger partial charge is 0.285 e. The number of imidazole rings is 1. The summed E-state index contributed by atoms with van der Waals surface area (Å²) in [5.41, 5.74) is 4.86. The van der Waals surface area contributed by atoms with Crippen molar-refractivity contribution < 1.29 is 4.74 Å². The summed E-state index contributed by atoms with van der Waals surface area (Å²) in [6.07, 6.45) is 4.28. The standard InChI is InChI=1S/C19H20ClN5O2/c1-27-11-14-5-3-2-4-13(14)9-25-12-21-15-6-7-24(10-17(15)25)16-8-22-23-19(26)18(16)20/h2-5,8,12H,6-7,9-11H2,1H3,(H,23,26). The van der Waals surface area contributed by atoms with E-state index in [4.69, 9.17) is 16.3 Å². The first-order valence-electron chi connectivity index (χ1n) is 8.74. The summed E-state index contributed by atoms with van der Waals surface area (Å²) in [5.74, 6) is 0. The Morgan fingerprint density at radius 3 is 2.93 bits per heavy atom. The van der Waals surface area contributed by atoms with E-state index in [1.54, 1.807) is 13.3 Å². The molecule has 0 saturated carbocycles. The molecule has 0 fully saturated rings. The Balaban J connectivity index is 1.63. The van der Waals surface area contributed by atoms with Gasteiger partial charge in [-0.1, -0.05) is 35.9 Å². The summed E-state index contributed by atoms with van der Waals surface area (Å²) in [7, 11) is 1.70. The topological polar surface area (TPSA) is 76.0 Å². The van der Waals surface area contributed by atoms with Gasteiger partial charge in [-0.25, -0.2) is 10.1 Å². The van der Waals surface area contributed by atoms with E-state index in [9.17, 15) is 4.79 Å². The van der Waals surface area contributed by atoms with Crippen molar-refractivity contribution in [2.75, 3.05) is 18.6 Å². The minimum Gasteiger partial charge on any atom is -0.380 e. The fourth-order valence-corrected chi connectivity index (χ4v) is 3.68. The molecule has 0 unspecified atom stereocenters. The van der Waals surface area contributed by atoms with Gasteiger partial charge in [0.15, 0.2) is 0 Å². The predicted octanol–water partition coefficient (Wildman–Crippen LogP) is 2.38. The molecule has 0 radical (unpaired) electrons. The first kappa shape index (κ1) is 17.8. The number of rotatable bonds is 5. The second kappa shape index (κ2) is 7.54. The third kappa shape index (κ3) is 3.48. The molecule has 1 aliphatic heterocycles. The van der Waals surface area contributed by atoms with Gasteiger partial charge in [0, 0.05) is 26.6 Å². The normalized spacial score (nSPS) is 13.6. The van der Waals surface area contributed by atoms with E-state index < -0.39 is 0 Å². The Kier molecular flexibility index (Phi) is 4.96. The van der Waals surface area contributed by atoms with Crippen LogP contribution in [0, 0.1) is 0 Å². The third-order valence-corrected chi connectivity index (χ3v) is 5.23. The Morgan fingerprint density at radius 1 is 1.30 bits per heavy atom. The number of aromatic amines is 1. The molecule has 1 aliphatic rings. The van der Waals surface area contributed by atoms with E-state index in [1.165, 1.54) is 5.56 Å². The first-order valence-corrected chi connectivity index (χ1v) is 9.12. The van der Waals surface area contributed by atoms with Crippen LogP contribution in [0.15, 0.2) is 41.6 Å². The summed E-state index contributed by atoms with van der Waals surface area (Å²) in [5, 5.41) is 6.42. The van der Waals surface area contributed by atoms with E-state index in [0.717, 1.165) is 36.5 Å². The van der Waals surface area contributed by atoms with Gasteiger partial charge >= 0.3 is 0 Å². The fraction of sp³-hybridized carbons (Fsp3) is 0.316. The fourth-order valence-electron chi connectivity index (χ4n) is 3.47. The second-order valence-corrected chi connectivity index (χ2v) is 6.92. The Hall–Kier alpha value is -2.64. The summed E-state index contributed by atoms with van der Waals surface area (Å²) >= 11 is 6.19. The van der Waals surface area contributed by atoms with Crippen LogP contribution in [0.2, 0.25) is 5.02 Å². The van der Waals surface area contributed by atoms with Gasteiger partial charge in [0.2, 0.25) is 0 Å². The average Bonchev–Trinajstić information content (AvgIpc) is 3.08. The molecule has 1 N–H and O–H groups in total. The van der Waals surface area contributed by atoms with Crippen LogP contribution in [0.5, 0.6) is 0 Å². The molecule has 0 atom stereocenters. The van der Waals surface area contributed by atoms with Crippen LogP contribution >= 0.6 is 11.6 Å². The summed E-state index contributed by atoms with van der Waals surface area (Å²) in [6, 6.07) is 8.24. The largest absolute Gasteiger partial charge is 0.380 e. The van der Waals surface area contributed by atoms with Crippen molar-refractivity contribution >= 4 is 17.3 Å². The van der Waals surface area contributed by atoms with E-state index in [2.05, 4.69) is 36.8 Å². The van der Waals surface area contributed by atoms with Crippen molar-refractivity contribution in [1.82, 2.24) is 19.7 Å². The van der Waals surface area contributed by atoms with Gasteiger partial charge in [0.1, 0.15) is 5.02 Å². The monoisotopic (exact) mass is 385 g/mol. The van der Waals surface area contributed by atoms with Crippen LogP contribution in [0.1, 0.15) is 22.5 Å². The molecule has 27 heavy (non-hydrogen) atoms. The molecule has 3 aromatic rings. The van der Waals surface area contributed by atoms with Crippen molar-refractivity contribution in [3.8, 4) is 0 Å². The molecule has 0 bridgehead atoms. The number of halogens is 1. The van der Waals surface area contributed by atoms with Crippen molar-refractivity contribution in [1.29, 1.82) is 0 Å². The molecule has 140 valence electrons. The van der Waals surface area contributed by atoms with Gasteiger partial charge in [-0.05, 0) is 11.1 Å². The maximum absolute atomic E-state index is 11.8. The van der Waals surface area contributed by atoms with Crippen LogP contribution in [-0.4, -0.2) is 33.4 Å². The lowest BCUT2D eigenvalue weighted by Gasteiger charge is -2.29. The Labute approximate surface area is 161 Å². The first-order chi connectivity index (χ1) is 13.2. The van der Waals surface area contributed by atoms with E-state index >= 15 is 0 Å². The molecule has 3 heterocycles. The lowest BCUT2D eigenvalue weighted by atomic mass is 10.1. The zero-order chi connectivity index (χ0) is 18.8. The zero-order valence-electron chi connectivity index (χ0n) is 15.0. The van der Waals surface area contributed by atoms with Gasteiger partial charge in [0.25, 0.3) is 5.56 Å². The number of nitrogens with zero attached hydrogens (tertiary/aromatic N) is 4. The molecule has 7 nitrogen and oxygen atoms in total.